The maximum Gasteiger partial charge on any atom is 0.255 e. The number of carbonyl (C=O) groups is 1. The van der Waals surface area contributed by atoms with Crippen LogP contribution in [0.2, 0.25) is 0 Å². The highest BCUT2D eigenvalue weighted by molar-refractivity contribution is 5.95. The SMILES string of the molecule is COC1CCN(c2ccc3cc(-c4nn5cc(C(=O)N6C[C@H](N)C[C@@H](F)C6)ccc5c4C)n(CC4CC4)c3n2)CC1. The number of pyridine rings is 2. The minimum absolute atomic E-state index is 0.0780. The molecule has 2 aliphatic heterocycles. The summed E-state index contributed by atoms with van der Waals surface area (Å²) in [5, 5.41) is 6.09. The Hall–Kier alpha value is -3.50. The molecule has 6 heterocycles. The number of halogens is 1. The fourth-order valence-corrected chi connectivity index (χ4v) is 6.52. The number of ether oxygens (including phenoxy) is 1. The van der Waals surface area contributed by atoms with Gasteiger partial charge in [0.25, 0.3) is 5.91 Å². The van der Waals surface area contributed by atoms with Crippen molar-refractivity contribution >= 4 is 28.3 Å². The highest BCUT2D eigenvalue weighted by atomic mass is 19.1. The summed E-state index contributed by atoms with van der Waals surface area (Å²) in [7, 11) is 1.79. The molecule has 216 valence electrons. The molecule has 2 saturated heterocycles. The molecule has 1 saturated carbocycles. The predicted molar refractivity (Wildman–Crippen MR) is 157 cm³/mol. The standard InChI is InChI=1S/C31H38FN7O2/c1-19-26-7-5-22(31(40)37-17-23(32)14-24(33)18-37)16-39(26)35-29(19)27-13-21-6-8-28(36-11-9-25(41-2)10-12-36)34-30(21)38(27)15-20-3-4-20/h5-8,13,16,20,23-25H,3-4,9-12,14-15,17-18,33H2,1-2H3/t23-,24-/m1/s1. The van der Waals surface area contributed by atoms with Crippen LogP contribution in [0.4, 0.5) is 10.2 Å². The lowest BCUT2D eigenvalue weighted by molar-refractivity contribution is 0.0606. The number of likely N-dealkylation sites (tertiary alicyclic amines) is 1. The van der Waals surface area contributed by atoms with E-state index in [2.05, 4.69) is 34.6 Å². The third-order valence-corrected chi connectivity index (χ3v) is 9.05. The number of aryl methyl sites for hydroxylation is 1. The van der Waals surface area contributed by atoms with E-state index in [9.17, 15) is 9.18 Å². The van der Waals surface area contributed by atoms with Crippen molar-refractivity contribution in [1.82, 2.24) is 24.1 Å². The van der Waals surface area contributed by atoms with E-state index in [4.69, 9.17) is 20.6 Å². The van der Waals surface area contributed by atoms with Crippen molar-refractivity contribution in [3.63, 3.8) is 0 Å². The molecule has 7 rings (SSSR count). The summed E-state index contributed by atoms with van der Waals surface area (Å²) in [6, 6.07) is 9.90. The number of anilines is 1. The van der Waals surface area contributed by atoms with Crippen LogP contribution in [0.1, 0.15) is 48.0 Å². The number of hydrogen-bond acceptors (Lipinski definition) is 6. The van der Waals surface area contributed by atoms with Gasteiger partial charge in [0.15, 0.2) is 0 Å². The average Bonchev–Trinajstić information content (AvgIpc) is 3.65. The van der Waals surface area contributed by atoms with Crippen LogP contribution in [0, 0.1) is 12.8 Å². The van der Waals surface area contributed by atoms with Crippen LogP contribution in [-0.4, -0.2) is 81.6 Å². The Morgan fingerprint density at radius 3 is 2.66 bits per heavy atom. The molecular weight excluding hydrogens is 521 g/mol. The van der Waals surface area contributed by atoms with E-state index >= 15 is 0 Å². The molecule has 0 radical (unpaired) electrons. The summed E-state index contributed by atoms with van der Waals surface area (Å²) in [5.41, 5.74) is 11.4. The second kappa shape index (κ2) is 10.4. The number of carbonyl (C=O) groups excluding carboxylic acids is 1. The van der Waals surface area contributed by atoms with Crippen LogP contribution in [0.3, 0.4) is 0 Å². The molecule has 3 fully saturated rings. The number of nitrogens with zero attached hydrogens (tertiary/aromatic N) is 6. The minimum atomic E-state index is -1.09. The Morgan fingerprint density at radius 2 is 1.93 bits per heavy atom. The number of amides is 1. The van der Waals surface area contributed by atoms with E-state index in [1.807, 2.05) is 12.1 Å². The van der Waals surface area contributed by atoms with Crippen LogP contribution < -0.4 is 10.6 Å². The van der Waals surface area contributed by atoms with Gasteiger partial charge < -0.3 is 24.8 Å². The van der Waals surface area contributed by atoms with E-state index in [1.54, 1.807) is 17.8 Å². The molecule has 41 heavy (non-hydrogen) atoms. The normalized spacial score (nSPS) is 22.2. The lowest BCUT2D eigenvalue weighted by atomic mass is 10.0. The van der Waals surface area contributed by atoms with Gasteiger partial charge in [-0.3, -0.25) is 4.79 Å². The van der Waals surface area contributed by atoms with E-state index in [-0.39, 0.29) is 18.5 Å². The quantitative estimate of drug-likeness (QED) is 0.381. The number of rotatable bonds is 6. The molecular formula is C31H38FN7O2. The Morgan fingerprint density at radius 1 is 1.12 bits per heavy atom. The van der Waals surface area contributed by atoms with Gasteiger partial charge in [-0.05, 0) is 75.3 Å². The van der Waals surface area contributed by atoms with Crippen LogP contribution in [0.5, 0.6) is 0 Å². The minimum Gasteiger partial charge on any atom is -0.381 e. The molecule has 2 N–H and O–H groups in total. The third kappa shape index (κ3) is 4.97. The van der Waals surface area contributed by atoms with E-state index in [0.717, 1.165) is 71.8 Å². The first-order valence-electron chi connectivity index (χ1n) is 14.8. The molecule has 4 aromatic rings. The number of nitrogens with two attached hydrogens (primary N) is 1. The monoisotopic (exact) mass is 559 g/mol. The Balaban J connectivity index is 1.24. The number of hydrogen-bond donors (Lipinski definition) is 1. The zero-order chi connectivity index (χ0) is 28.2. The number of aromatic nitrogens is 4. The second-order valence-corrected chi connectivity index (χ2v) is 12.1. The van der Waals surface area contributed by atoms with E-state index in [1.165, 1.54) is 17.7 Å². The van der Waals surface area contributed by atoms with Gasteiger partial charge in [-0.2, -0.15) is 5.10 Å². The van der Waals surface area contributed by atoms with E-state index < -0.39 is 6.17 Å². The van der Waals surface area contributed by atoms with Crippen LogP contribution in [0.25, 0.3) is 27.9 Å². The predicted octanol–water partition coefficient (Wildman–Crippen LogP) is 4.20. The molecule has 3 aliphatic rings. The van der Waals surface area contributed by atoms with Crippen LogP contribution >= 0.6 is 0 Å². The Kier molecular flexibility index (Phi) is 6.70. The molecule has 1 aliphatic carbocycles. The van der Waals surface area contributed by atoms with Gasteiger partial charge in [0, 0.05) is 56.5 Å². The highest BCUT2D eigenvalue weighted by Gasteiger charge is 2.30. The highest BCUT2D eigenvalue weighted by Crippen LogP contribution is 2.37. The Bertz CT molecular complexity index is 1590. The van der Waals surface area contributed by atoms with E-state index in [0.29, 0.717) is 30.6 Å². The summed E-state index contributed by atoms with van der Waals surface area (Å²) in [4.78, 5) is 22.3. The molecule has 9 nitrogen and oxygen atoms in total. The zero-order valence-corrected chi connectivity index (χ0v) is 23.8. The van der Waals surface area contributed by atoms with Gasteiger partial charge >= 0.3 is 0 Å². The lowest BCUT2D eigenvalue weighted by Gasteiger charge is -2.32. The maximum absolute atomic E-state index is 14.1. The number of alkyl halides is 1. The average molecular weight is 560 g/mol. The molecule has 4 aromatic heterocycles. The van der Waals surface area contributed by atoms with Crippen LogP contribution in [0.15, 0.2) is 36.5 Å². The van der Waals surface area contributed by atoms with Gasteiger partial charge in [0.05, 0.1) is 29.4 Å². The van der Waals surface area contributed by atoms with Crippen molar-refractivity contribution in [2.75, 3.05) is 38.2 Å². The fraction of sp³-hybridized carbons (Fsp3) is 0.516. The van der Waals surface area contributed by atoms with Gasteiger partial charge in [-0.15, -0.1) is 0 Å². The van der Waals surface area contributed by atoms with Gasteiger partial charge in [-0.25, -0.2) is 13.9 Å². The lowest BCUT2D eigenvalue weighted by Crippen LogP contribution is -2.50. The van der Waals surface area contributed by atoms with Crippen molar-refractivity contribution in [3.05, 3.63) is 47.7 Å². The largest absolute Gasteiger partial charge is 0.381 e. The summed E-state index contributed by atoms with van der Waals surface area (Å²) >= 11 is 0. The second-order valence-electron chi connectivity index (χ2n) is 12.1. The summed E-state index contributed by atoms with van der Waals surface area (Å²) in [6.45, 7) is 5.31. The molecule has 0 unspecified atom stereocenters. The van der Waals surface area contributed by atoms with Gasteiger partial charge in [0.2, 0.25) is 0 Å². The molecule has 10 heteroatoms. The number of fused-ring (bicyclic) bond motifs is 2. The first kappa shape index (κ1) is 26.4. The Labute approximate surface area is 239 Å². The summed E-state index contributed by atoms with van der Waals surface area (Å²) in [5.74, 6) is 1.45. The van der Waals surface area contributed by atoms with Gasteiger partial charge in [-0.1, -0.05) is 0 Å². The van der Waals surface area contributed by atoms with Crippen LogP contribution in [-0.2, 0) is 11.3 Å². The first-order valence-corrected chi connectivity index (χ1v) is 14.8. The van der Waals surface area contributed by atoms with Crippen molar-refractivity contribution in [1.29, 1.82) is 0 Å². The smallest absolute Gasteiger partial charge is 0.255 e. The summed E-state index contributed by atoms with van der Waals surface area (Å²) in [6.07, 6.45) is 5.77. The summed E-state index contributed by atoms with van der Waals surface area (Å²) < 4.78 is 23.8. The maximum atomic E-state index is 14.1. The zero-order valence-electron chi connectivity index (χ0n) is 23.8. The molecule has 0 spiro atoms. The van der Waals surface area contributed by atoms with Crippen molar-refractivity contribution in [2.45, 2.75) is 63.9 Å². The van der Waals surface area contributed by atoms with Crippen molar-refractivity contribution < 1.29 is 13.9 Å². The molecule has 0 bridgehead atoms. The topological polar surface area (TPSA) is 93.9 Å². The molecule has 1 amide bonds. The third-order valence-electron chi connectivity index (χ3n) is 9.05. The number of piperidine rings is 2. The molecule has 2 atom stereocenters. The van der Waals surface area contributed by atoms with Gasteiger partial charge in [0.1, 0.15) is 23.3 Å². The number of methoxy groups -OCH3 is 1. The van der Waals surface area contributed by atoms with Crippen molar-refractivity contribution in [3.8, 4) is 11.4 Å². The van der Waals surface area contributed by atoms with Crippen molar-refractivity contribution in [2.24, 2.45) is 11.7 Å². The first-order chi connectivity index (χ1) is 19.9. The molecule has 0 aromatic carbocycles. The fourth-order valence-electron chi connectivity index (χ4n) is 6.52.